The van der Waals surface area contributed by atoms with Gasteiger partial charge in [-0.1, -0.05) is 18.2 Å². The third kappa shape index (κ3) is 7.40. The summed E-state index contributed by atoms with van der Waals surface area (Å²) in [5.74, 6) is 0.505. The van der Waals surface area contributed by atoms with Gasteiger partial charge in [0.1, 0.15) is 11.4 Å². The second kappa shape index (κ2) is 12.5. The van der Waals surface area contributed by atoms with Crippen molar-refractivity contribution >= 4 is 17.6 Å². The van der Waals surface area contributed by atoms with Crippen LogP contribution in [-0.2, 0) is 22.7 Å². The molecule has 0 unspecified atom stereocenters. The SMILES string of the molecule is COc1cccc(NC(=O)N(C)C[C@@H]2OCc3cn(nn3)CCCC(=O)N([C@@H](C)CO)C[C@H]2C)c1. The molecule has 1 aromatic carbocycles. The van der Waals surface area contributed by atoms with Crippen molar-refractivity contribution in [2.45, 2.75) is 52.0 Å². The van der Waals surface area contributed by atoms with Gasteiger partial charge in [0, 0.05) is 50.8 Å². The van der Waals surface area contributed by atoms with Gasteiger partial charge < -0.3 is 29.7 Å². The zero-order valence-electron chi connectivity index (χ0n) is 20.9. The highest BCUT2D eigenvalue weighted by atomic mass is 16.5. The zero-order chi connectivity index (χ0) is 25.4. The quantitative estimate of drug-likeness (QED) is 0.637. The van der Waals surface area contributed by atoms with Gasteiger partial charge >= 0.3 is 6.03 Å². The molecular formula is C24H36N6O5. The van der Waals surface area contributed by atoms with E-state index in [1.54, 1.807) is 52.9 Å². The third-order valence-corrected chi connectivity index (χ3v) is 6.17. The minimum absolute atomic E-state index is 0.0270. The number of likely N-dealkylation sites (N-methyl/N-ethyl adjacent to an activating group) is 1. The van der Waals surface area contributed by atoms with Crippen molar-refractivity contribution in [3.63, 3.8) is 0 Å². The number of aliphatic hydroxyl groups is 1. The first kappa shape index (κ1) is 26.4. The van der Waals surface area contributed by atoms with E-state index in [0.29, 0.717) is 49.6 Å². The Morgan fingerprint density at radius 2 is 2.23 bits per heavy atom. The number of rotatable bonds is 6. The molecule has 1 aliphatic heterocycles. The number of nitrogens with one attached hydrogen (secondary N) is 1. The lowest BCUT2D eigenvalue weighted by Crippen LogP contribution is -2.48. The molecule has 2 heterocycles. The maximum absolute atomic E-state index is 13.0. The summed E-state index contributed by atoms with van der Waals surface area (Å²) in [6.07, 6.45) is 2.41. The topological polar surface area (TPSA) is 122 Å². The van der Waals surface area contributed by atoms with Gasteiger partial charge in [-0.25, -0.2) is 4.79 Å². The lowest BCUT2D eigenvalue weighted by molar-refractivity contribution is -0.136. The van der Waals surface area contributed by atoms with Crippen molar-refractivity contribution < 1.29 is 24.2 Å². The van der Waals surface area contributed by atoms with Gasteiger partial charge in [-0.15, -0.1) is 5.10 Å². The number of hydrogen-bond acceptors (Lipinski definition) is 7. The Labute approximate surface area is 206 Å². The molecule has 3 rings (SSSR count). The molecule has 0 spiro atoms. The van der Waals surface area contributed by atoms with E-state index in [1.807, 2.05) is 20.0 Å². The number of anilines is 1. The number of ether oxygens (including phenoxy) is 2. The molecule has 0 aliphatic carbocycles. The normalized spacial score (nSPS) is 20.3. The van der Waals surface area contributed by atoms with Gasteiger partial charge in [0.2, 0.25) is 5.91 Å². The van der Waals surface area contributed by atoms with Crippen LogP contribution in [-0.4, -0.2) is 87.8 Å². The first-order chi connectivity index (χ1) is 16.8. The fourth-order valence-corrected chi connectivity index (χ4v) is 3.97. The summed E-state index contributed by atoms with van der Waals surface area (Å²) >= 11 is 0. The second-order valence-electron chi connectivity index (χ2n) is 9.02. The Morgan fingerprint density at radius 3 is 2.97 bits per heavy atom. The van der Waals surface area contributed by atoms with E-state index in [2.05, 4.69) is 15.6 Å². The molecule has 1 aliphatic rings. The number of hydrogen-bond donors (Lipinski definition) is 2. The predicted molar refractivity (Wildman–Crippen MR) is 130 cm³/mol. The Bertz CT molecular complexity index is 983. The number of benzene rings is 1. The molecular weight excluding hydrogens is 452 g/mol. The smallest absolute Gasteiger partial charge is 0.321 e. The van der Waals surface area contributed by atoms with Crippen LogP contribution in [0, 0.1) is 5.92 Å². The summed E-state index contributed by atoms with van der Waals surface area (Å²) in [5, 5.41) is 20.9. The van der Waals surface area contributed by atoms with Crippen LogP contribution in [0.4, 0.5) is 10.5 Å². The molecule has 0 saturated carbocycles. The van der Waals surface area contributed by atoms with Crippen LogP contribution in [0.5, 0.6) is 5.75 Å². The van der Waals surface area contributed by atoms with Gasteiger partial charge in [-0.05, 0) is 25.5 Å². The number of urea groups is 1. The van der Waals surface area contributed by atoms with E-state index in [9.17, 15) is 14.7 Å². The molecule has 2 bridgehead atoms. The number of carbonyl (C=O) groups excluding carboxylic acids is 2. The monoisotopic (exact) mass is 488 g/mol. The summed E-state index contributed by atoms with van der Waals surface area (Å²) in [4.78, 5) is 29.1. The number of fused-ring (bicyclic) bond motifs is 2. The van der Waals surface area contributed by atoms with Crippen LogP contribution >= 0.6 is 0 Å². The van der Waals surface area contributed by atoms with E-state index >= 15 is 0 Å². The molecule has 11 heteroatoms. The first-order valence-electron chi connectivity index (χ1n) is 11.9. The number of aliphatic hydroxyl groups excluding tert-OH is 1. The molecule has 11 nitrogen and oxygen atoms in total. The average molecular weight is 489 g/mol. The first-order valence-corrected chi connectivity index (χ1v) is 11.9. The Morgan fingerprint density at radius 1 is 1.43 bits per heavy atom. The van der Waals surface area contributed by atoms with Crippen molar-refractivity contribution in [3.8, 4) is 5.75 Å². The van der Waals surface area contributed by atoms with Crippen molar-refractivity contribution in [1.29, 1.82) is 0 Å². The summed E-state index contributed by atoms with van der Waals surface area (Å²) in [7, 11) is 3.27. The van der Waals surface area contributed by atoms with Crippen molar-refractivity contribution in [2.24, 2.45) is 5.92 Å². The lowest BCUT2D eigenvalue weighted by atomic mass is 10.0. The van der Waals surface area contributed by atoms with Gasteiger partial charge in [-0.3, -0.25) is 9.48 Å². The molecule has 0 saturated heterocycles. The fourth-order valence-electron chi connectivity index (χ4n) is 3.97. The van der Waals surface area contributed by atoms with Crippen LogP contribution in [0.25, 0.3) is 0 Å². The summed E-state index contributed by atoms with van der Waals surface area (Å²) in [6.45, 7) is 5.20. The van der Waals surface area contributed by atoms with Crippen molar-refractivity contribution in [2.75, 3.05) is 39.2 Å². The number of carbonyl (C=O) groups is 2. The summed E-state index contributed by atoms with van der Waals surface area (Å²) in [6, 6.07) is 6.53. The van der Waals surface area contributed by atoms with E-state index in [1.165, 1.54) is 0 Å². The van der Waals surface area contributed by atoms with Gasteiger partial charge in [0.25, 0.3) is 0 Å². The fraction of sp³-hybridized carbons (Fsp3) is 0.583. The molecule has 2 N–H and O–H groups in total. The van der Waals surface area contributed by atoms with E-state index in [0.717, 1.165) is 0 Å². The number of aryl methyl sites for hydroxylation is 1. The van der Waals surface area contributed by atoms with Gasteiger partial charge in [0.05, 0.1) is 38.7 Å². The second-order valence-corrected chi connectivity index (χ2v) is 9.02. The number of amides is 3. The van der Waals surface area contributed by atoms with Crippen molar-refractivity contribution in [1.82, 2.24) is 24.8 Å². The van der Waals surface area contributed by atoms with Crippen LogP contribution in [0.15, 0.2) is 30.5 Å². The molecule has 3 amide bonds. The molecule has 0 radical (unpaired) electrons. The van der Waals surface area contributed by atoms with Crippen LogP contribution < -0.4 is 10.1 Å². The highest BCUT2D eigenvalue weighted by molar-refractivity contribution is 5.89. The Hall–Kier alpha value is -3.18. The minimum Gasteiger partial charge on any atom is -0.497 e. The molecule has 192 valence electrons. The Balaban J connectivity index is 1.75. The highest BCUT2D eigenvalue weighted by Crippen LogP contribution is 2.19. The predicted octanol–water partition coefficient (Wildman–Crippen LogP) is 1.98. The van der Waals surface area contributed by atoms with Crippen LogP contribution in [0.3, 0.4) is 0 Å². The molecule has 35 heavy (non-hydrogen) atoms. The van der Waals surface area contributed by atoms with Gasteiger partial charge in [-0.2, -0.15) is 0 Å². The van der Waals surface area contributed by atoms with E-state index in [4.69, 9.17) is 9.47 Å². The Kier molecular flexibility index (Phi) is 9.44. The van der Waals surface area contributed by atoms with E-state index < -0.39 is 0 Å². The van der Waals surface area contributed by atoms with Gasteiger partial charge in [0.15, 0.2) is 0 Å². The van der Waals surface area contributed by atoms with Crippen LogP contribution in [0.2, 0.25) is 0 Å². The summed E-state index contributed by atoms with van der Waals surface area (Å²) < 4.78 is 13.1. The van der Waals surface area contributed by atoms with Crippen LogP contribution in [0.1, 0.15) is 32.4 Å². The number of aromatic nitrogens is 3. The lowest BCUT2D eigenvalue weighted by Gasteiger charge is -2.35. The number of methoxy groups -OCH3 is 1. The average Bonchev–Trinajstić information content (AvgIpc) is 3.31. The highest BCUT2D eigenvalue weighted by Gasteiger charge is 2.28. The van der Waals surface area contributed by atoms with Crippen molar-refractivity contribution in [3.05, 3.63) is 36.2 Å². The maximum atomic E-state index is 13.0. The standard InChI is InChI=1S/C24H36N6O5/c1-17-12-30(18(2)15-31)23(32)9-6-10-29-13-20(26-27-29)16-35-22(17)14-28(3)24(33)25-19-7-5-8-21(11-19)34-4/h5,7-8,11,13,17-18,22,31H,6,9-10,12,14-16H2,1-4H3,(H,25,33)/t17-,18+,22+/m1/s1. The molecule has 3 atom stereocenters. The van der Waals surface area contributed by atoms with E-state index in [-0.39, 0.29) is 43.2 Å². The summed E-state index contributed by atoms with van der Waals surface area (Å²) in [5.41, 5.74) is 1.31. The zero-order valence-corrected chi connectivity index (χ0v) is 20.9. The maximum Gasteiger partial charge on any atom is 0.321 e. The third-order valence-electron chi connectivity index (χ3n) is 6.17. The minimum atomic E-state index is -0.386. The molecule has 1 aromatic heterocycles. The largest absolute Gasteiger partial charge is 0.497 e. The number of nitrogens with zero attached hydrogens (tertiary/aromatic N) is 5. The molecule has 2 aromatic rings. The molecule has 0 fully saturated rings.